The third-order valence-corrected chi connectivity index (χ3v) is 5.15. The van der Waals surface area contributed by atoms with Crippen molar-refractivity contribution in [2.45, 2.75) is 32.8 Å². The van der Waals surface area contributed by atoms with Crippen molar-refractivity contribution in [1.29, 1.82) is 0 Å². The van der Waals surface area contributed by atoms with Crippen molar-refractivity contribution in [2.75, 3.05) is 5.32 Å². The molecule has 0 saturated heterocycles. The maximum atomic E-state index is 13.0. The summed E-state index contributed by atoms with van der Waals surface area (Å²) in [6, 6.07) is 20.9. The highest BCUT2D eigenvalue weighted by Gasteiger charge is 2.22. The van der Waals surface area contributed by atoms with Gasteiger partial charge in [-0.1, -0.05) is 54.1 Å². The quantitative estimate of drug-likeness (QED) is 0.229. The molecule has 0 bridgehead atoms. The van der Waals surface area contributed by atoms with Crippen LogP contribution >= 0.6 is 11.6 Å². The lowest BCUT2D eigenvalue weighted by molar-refractivity contribution is -0.149. The fraction of sp³-hybridized carbons (Fsp3) is 0.179. The van der Waals surface area contributed by atoms with E-state index in [2.05, 4.69) is 10.3 Å². The lowest BCUT2D eigenvalue weighted by Crippen LogP contribution is -2.27. The van der Waals surface area contributed by atoms with Gasteiger partial charge in [-0.15, -0.1) is 0 Å². The number of furan rings is 1. The van der Waals surface area contributed by atoms with Gasteiger partial charge in [0.15, 0.2) is 5.82 Å². The number of rotatable bonds is 7. The summed E-state index contributed by atoms with van der Waals surface area (Å²) < 4.78 is 11.0. The number of benzene rings is 2. The molecule has 4 rings (SSSR count). The number of ether oxygens (including phenoxy) is 1. The molecule has 0 spiro atoms. The van der Waals surface area contributed by atoms with Crippen molar-refractivity contribution >= 4 is 29.5 Å². The summed E-state index contributed by atoms with van der Waals surface area (Å²) in [5, 5.41) is 3.80. The van der Waals surface area contributed by atoms with Gasteiger partial charge in [0, 0.05) is 23.1 Å². The summed E-state index contributed by atoms with van der Waals surface area (Å²) in [5.74, 6) is 0.437. The topological polar surface area (TPSA) is 77.2 Å². The van der Waals surface area contributed by atoms with Gasteiger partial charge in [-0.25, -0.2) is 14.8 Å². The molecule has 0 aliphatic heterocycles. The maximum absolute atomic E-state index is 13.0. The molecule has 35 heavy (non-hydrogen) atoms. The van der Waals surface area contributed by atoms with Crippen LogP contribution < -0.4 is 5.32 Å². The average Bonchev–Trinajstić information content (AvgIpc) is 3.33. The summed E-state index contributed by atoms with van der Waals surface area (Å²) in [5.41, 5.74) is 2.85. The molecule has 0 atom stereocenters. The highest BCUT2D eigenvalue weighted by molar-refractivity contribution is 6.30. The summed E-state index contributed by atoms with van der Waals surface area (Å²) in [6.45, 7) is 5.45. The SMILES string of the molecule is CC(C)(C)OC(=O)C(=Cc1ccco1)Nc1ncc(-c2ccc(Cl)cc2)nc1Cc1ccccc1. The second-order valence-electron chi connectivity index (χ2n) is 8.92. The first-order valence-electron chi connectivity index (χ1n) is 11.2. The van der Waals surface area contributed by atoms with Gasteiger partial charge in [-0.2, -0.15) is 0 Å². The van der Waals surface area contributed by atoms with Crippen LogP contribution in [-0.2, 0) is 16.0 Å². The van der Waals surface area contributed by atoms with E-state index in [0.29, 0.717) is 34.4 Å². The van der Waals surface area contributed by atoms with Gasteiger partial charge in [0.25, 0.3) is 0 Å². The van der Waals surface area contributed by atoms with Gasteiger partial charge in [0.05, 0.1) is 23.8 Å². The summed E-state index contributed by atoms with van der Waals surface area (Å²) in [6.07, 6.45) is 5.31. The predicted molar refractivity (Wildman–Crippen MR) is 138 cm³/mol. The van der Waals surface area contributed by atoms with Crippen molar-refractivity contribution in [2.24, 2.45) is 0 Å². The molecule has 0 amide bonds. The molecule has 0 radical (unpaired) electrons. The molecule has 4 aromatic rings. The first-order chi connectivity index (χ1) is 16.8. The van der Waals surface area contributed by atoms with Gasteiger partial charge in [0.1, 0.15) is 17.1 Å². The molecular formula is C28H26ClN3O3. The molecule has 0 aliphatic rings. The molecule has 0 fully saturated rings. The third kappa shape index (κ3) is 6.80. The Morgan fingerprint density at radius 1 is 1.06 bits per heavy atom. The van der Waals surface area contributed by atoms with E-state index in [9.17, 15) is 4.79 Å². The van der Waals surface area contributed by atoms with E-state index in [1.54, 1.807) is 30.7 Å². The smallest absolute Gasteiger partial charge is 0.355 e. The van der Waals surface area contributed by atoms with Crippen LogP contribution in [0.4, 0.5) is 5.82 Å². The number of carbonyl (C=O) groups is 1. The van der Waals surface area contributed by atoms with E-state index >= 15 is 0 Å². The first kappa shape index (κ1) is 24.2. The van der Waals surface area contributed by atoms with Crippen molar-refractivity contribution in [3.63, 3.8) is 0 Å². The van der Waals surface area contributed by atoms with Gasteiger partial charge in [-0.05, 0) is 50.6 Å². The van der Waals surface area contributed by atoms with Crippen LogP contribution in [0.15, 0.2) is 89.3 Å². The number of hydrogen-bond acceptors (Lipinski definition) is 6. The Morgan fingerprint density at radius 2 is 1.80 bits per heavy atom. The Labute approximate surface area is 209 Å². The van der Waals surface area contributed by atoms with Crippen molar-refractivity contribution in [3.05, 3.63) is 107 Å². The van der Waals surface area contributed by atoms with Gasteiger partial charge in [0.2, 0.25) is 0 Å². The standard InChI is InChI=1S/C28H26ClN3O3/c1-28(2,3)35-27(33)24(17-22-10-7-15-34-22)32-26-23(16-19-8-5-4-6-9-19)31-25(18-30-26)20-11-13-21(29)14-12-20/h4-15,17-18H,16H2,1-3H3,(H,30,32). The number of esters is 1. The molecule has 0 saturated carbocycles. The fourth-order valence-corrected chi connectivity index (χ4v) is 3.45. The molecule has 2 aromatic heterocycles. The molecule has 6 nitrogen and oxygen atoms in total. The second kappa shape index (κ2) is 10.6. The van der Waals surface area contributed by atoms with E-state index in [4.69, 9.17) is 25.7 Å². The van der Waals surface area contributed by atoms with Gasteiger partial charge < -0.3 is 14.5 Å². The fourth-order valence-electron chi connectivity index (χ4n) is 3.33. The van der Waals surface area contributed by atoms with Crippen molar-refractivity contribution in [3.8, 4) is 11.3 Å². The minimum atomic E-state index is -0.669. The number of nitrogens with zero attached hydrogens (tertiary/aromatic N) is 2. The number of carbonyl (C=O) groups excluding carboxylic acids is 1. The molecule has 0 unspecified atom stereocenters. The summed E-state index contributed by atoms with van der Waals surface area (Å²) in [4.78, 5) is 22.5. The Bertz CT molecular complexity index is 1310. The molecule has 0 aliphatic carbocycles. The van der Waals surface area contributed by atoms with Crippen molar-refractivity contribution in [1.82, 2.24) is 9.97 Å². The number of halogens is 1. The van der Waals surface area contributed by atoms with E-state index in [-0.39, 0.29) is 5.70 Å². The van der Waals surface area contributed by atoms with Crippen LogP contribution in [0.5, 0.6) is 0 Å². The van der Waals surface area contributed by atoms with Crippen molar-refractivity contribution < 1.29 is 13.9 Å². The maximum Gasteiger partial charge on any atom is 0.355 e. The number of aromatic nitrogens is 2. The van der Waals surface area contributed by atoms with Crippen LogP contribution in [-0.4, -0.2) is 21.5 Å². The van der Waals surface area contributed by atoms with Crippen LogP contribution in [0.3, 0.4) is 0 Å². The normalized spacial score (nSPS) is 11.8. The Morgan fingerprint density at radius 3 is 2.46 bits per heavy atom. The highest BCUT2D eigenvalue weighted by Crippen LogP contribution is 2.25. The number of anilines is 1. The highest BCUT2D eigenvalue weighted by atomic mass is 35.5. The minimum absolute atomic E-state index is 0.192. The zero-order valence-corrected chi connectivity index (χ0v) is 20.5. The third-order valence-electron chi connectivity index (χ3n) is 4.90. The van der Waals surface area contributed by atoms with Crippen LogP contribution in [0, 0.1) is 0 Å². The Hall–Kier alpha value is -3.90. The monoisotopic (exact) mass is 487 g/mol. The molecule has 2 aromatic carbocycles. The summed E-state index contributed by atoms with van der Waals surface area (Å²) in [7, 11) is 0. The largest absolute Gasteiger partial charge is 0.465 e. The number of hydrogen-bond donors (Lipinski definition) is 1. The van der Waals surface area contributed by atoms with E-state index in [1.165, 1.54) is 0 Å². The molecular weight excluding hydrogens is 462 g/mol. The van der Waals surface area contributed by atoms with E-state index in [1.807, 2.05) is 75.4 Å². The predicted octanol–water partition coefficient (Wildman–Crippen LogP) is 6.78. The Kier molecular flexibility index (Phi) is 7.32. The van der Waals surface area contributed by atoms with Gasteiger partial charge >= 0.3 is 5.97 Å². The van der Waals surface area contributed by atoms with Crippen LogP contribution in [0.1, 0.15) is 37.8 Å². The lowest BCUT2D eigenvalue weighted by atomic mass is 10.1. The van der Waals surface area contributed by atoms with Crippen LogP contribution in [0.25, 0.3) is 17.3 Å². The molecule has 178 valence electrons. The van der Waals surface area contributed by atoms with Crippen LogP contribution in [0.2, 0.25) is 5.02 Å². The first-order valence-corrected chi connectivity index (χ1v) is 11.6. The minimum Gasteiger partial charge on any atom is -0.465 e. The average molecular weight is 488 g/mol. The number of nitrogens with one attached hydrogen (secondary N) is 1. The molecule has 2 heterocycles. The Balaban J connectivity index is 1.73. The summed E-state index contributed by atoms with van der Waals surface area (Å²) >= 11 is 6.05. The molecule has 7 heteroatoms. The zero-order valence-electron chi connectivity index (χ0n) is 19.8. The zero-order chi connectivity index (χ0) is 24.8. The van der Waals surface area contributed by atoms with E-state index in [0.717, 1.165) is 11.1 Å². The van der Waals surface area contributed by atoms with E-state index < -0.39 is 11.6 Å². The lowest BCUT2D eigenvalue weighted by Gasteiger charge is -2.21. The molecule has 1 N–H and O–H groups in total. The second-order valence-corrected chi connectivity index (χ2v) is 9.36. The van der Waals surface area contributed by atoms with Gasteiger partial charge in [-0.3, -0.25) is 0 Å².